The van der Waals surface area contributed by atoms with Gasteiger partial charge in [0, 0.05) is 12.5 Å². The van der Waals surface area contributed by atoms with E-state index in [0.29, 0.717) is 12.8 Å². The van der Waals surface area contributed by atoms with E-state index >= 15 is 0 Å². The number of hydrogen-bond acceptors (Lipinski definition) is 5. The van der Waals surface area contributed by atoms with Gasteiger partial charge in [-0.1, -0.05) is 48.5 Å². The van der Waals surface area contributed by atoms with Crippen LogP contribution in [-0.4, -0.2) is 54.0 Å². The maximum absolute atomic E-state index is 12.3. The summed E-state index contributed by atoms with van der Waals surface area (Å²) < 4.78 is 11.2. The molecular weight excluding hydrogens is 424 g/mol. The monoisotopic (exact) mass is 452 g/mol. The molecule has 1 aliphatic heterocycles. The standard InChI is InChI=1S/C25H28N2O6/c1-25(2,23(29)30)27-22(28)21-12-11-15(33-21)13-26-24(31)32-14-20-18-9-5-3-7-16(18)17-8-4-6-10-19(17)20/h3-10,15,20-21H,11-14H2,1-2H3,(H,26,31)(H,27,28)(H,29,30). The van der Waals surface area contributed by atoms with E-state index in [9.17, 15) is 14.4 Å². The van der Waals surface area contributed by atoms with Crippen molar-refractivity contribution in [2.45, 2.75) is 50.4 Å². The molecule has 1 saturated heterocycles. The van der Waals surface area contributed by atoms with Crippen molar-refractivity contribution in [1.29, 1.82) is 0 Å². The van der Waals surface area contributed by atoms with Crippen LogP contribution in [0.5, 0.6) is 0 Å². The van der Waals surface area contributed by atoms with E-state index in [1.807, 2.05) is 24.3 Å². The fourth-order valence-electron chi connectivity index (χ4n) is 4.34. The Balaban J connectivity index is 1.26. The lowest BCUT2D eigenvalue weighted by molar-refractivity contribution is -0.148. The second-order valence-corrected chi connectivity index (χ2v) is 8.95. The molecule has 2 unspecified atom stereocenters. The lowest BCUT2D eigenvalue weighted by Crippen LogP contribution is -2.52. The summed E-state index contributed by atoms with van der Waals surface area (Å²) in [5, 5.41) is 14.3. The smallest absolute Gasteiger partial charge is 0.407 e. The molecule has 1 aliphatic carbocycles. The summed E-state index contributed by atoms with van der Waals surface area (Å²) in [6.45, 7) is 3.26. The third kappa shape index (κ3) is 4.85. The van der Waals surface area contributed by atoms with Gasteiger partial charge in [-0.3, -0.25) is 4.79 Å². The van der Waals surface area contributed by atoms with Gasteiger partial charge in [0.25, 0.3) is 0 Å². The van der Waals surface area contributed by atoms with Gasteiger partial charge in [-0.05, 0) is 48.9 Å². The van der Waals surface area contributed by atoms with E-state index in [1.54, 1.807) is 0 Å². The molecule has 2 aliphatic rings. The first-order valence-corrected chi connectivity index (χ1v) is 11.1. The fourth-order valence-corrected chi connectivity index (χ4v) is 4.34. The van der Waals surface area contributed by atoms with E-state index in [4.69, 9.17) is 14.6 Å². The van der Waals surface area contributed by atoms with E-state index in [0.717, 1.165) is 22.3 Å². The summed E-state index contributed by atoms with van der Waals surface area (Å²) >= 11 is 0. The summed E-state index contributed by atoms with van der Waals surface area (Å²) in [5.74, 6) is -1.61. The average molecular weight is 453 g/mol. The number of benzene rings is 2. The van der Waals surface area contributed by atoms with Gasteiger partial charge in [0.1, 0.15) is 18.2 Å². The highest BCUT2D eigenvalue weighted by molar-refractivity contribution is 5.88. The number of hydrogen-bond donors (Lipinski definition) is 3. The van der Waals surface area contributed by atoms with Crippen molar-refractivity contribution < 1.29 is 29.0 Å². The number of fused-ring (bicyclic) bond motifs is 3. The lowest BCUT2D eigenvalue weighted by Gasteiger charge is -2.23. The molecule has 0 spiro atoms. The number of nitrogens with one attached hydrogen (secondary N) is 2. The molecule has 0 bridgehead atoms. The average Bonchev–Trinajstić information content (AvgIpc) is 3.39. The van der Waals surface area contributed by atoms with Gasteiger partial charge in [-0.15, -0.1) is 0 Å². The van der Waals surface area contributed by atoms with Crippen LogP contribution in [0.15, 0.2) is 48.5 Å². The molecule has 2 atom stereocenters. The van der Waals surface area contributed by atoms with E-state index in [1.165, 1.54) is 13.8 Å². The predicted octanol–water partition coefficient (Wildman–Crippen LogP) is 3.05. The first-order valence-electron chi connectivity index (χ1n) is 11.1. The van der Waals surface area contributed by atoms with Gasteiger partial charge in [0.05, 0.1) is 6.10 Å². The molecule has 0 aromatic heterocycles. The second-order valence-electron chi connectivity index (χ2n) is 8.95. The molecular formula is C25H28N2O6. The van der Waals surface area contributed by atoms with Crippen LogP contribution in [0.4, 0.5) is 4.79 Å². The van der Waals surface area contributed by atoms with E-state index < -0.39 is 29.6 Å². The molecule has 2 aromatic rings. The number of carbonyl (C=O) groups excluding carboxylic acids is 2. The first-order chi connectivity index (χ1) is 15.8. The Kier molecular flexibility index (Phi) is 6.37. The molecule has 0 saturated carbocycles. The van der Waals surface area contributed by atoms with Crippen LogP contribution in [-0.2, 0) is 19.1 Å². The summed E-state index contributed by atoms with van der Waals surface area (Å²) in [6, 6.07) is 16.3. The van der Waals surface area contributed by atoms with Gasteiger partial charge < -0.3 is 25.2 Å². The van der Waals surface area contributed by atoms with Crippen LogP contribution in [0.1, 0.15) is 43.7 Å². The quantitative estimate of drug-likeness (QED) is 0.595. The Hall–Kier alpha value is -3.39. The molecule has 3 N–H and O–H groups in total. The van der Waals surface area contributed by atoms with Crippen molar-refractivity contribution in [2.75, 3.05) is 13.2 Å². The van der Waals surface area contributed by atoms with Crippen LogP contribution < -0.4 is 10.6 Å². The van der Waals surface area contributed by atoms with Crippen molar-refractivity contribution in [2.24, 2.45) is 0 Å². The van der Waals surface area contributed by atoms with E-state index in [-0.39, 0.29) is 25.2 Å². The molecule has 8 heteroatoms. The number of aliphatic carboxylic acids is 1. The summed E-state index contributed by atoms with van der Waals surface area (Å²) in [5.41, 5.74) is 3.24. The molecule has 1 heterocycles. The largest absolute Gasteiger partial charge is 0.480 e. The predicted molar refractivity (Wildman–Crippen MR) is 121 cm³/mol. The Morgan fingerprint density at radius 2 is 1.64 bits per heavy atom. The Morgan fingerprint density at radius 1 is 1.03 bits per heavy atom. The lowest BCUT2D eigenvalue weighted by atomic mass is 9.98. The minimum atomic E-state index is -1.38. The Bertz CT molecular complexity index is 1020. The maximum atomic E-state index is 12.3. The van der Waals surface area contributed by atoms with Gasteiger partial charge in [0.2, 0.25) is 5.91 Å². The van der Waals surface area contributed by atoms with E-state index in [2.05, 4.69) is 34.9 Å². The van der Waals surface area contributed by atoms with Gasteiger partial charge >= 0.3 is 12.1 Å². The number of carboxylic acids is 1. The minimum Gasteiger partial charge on any atom is -0.480 e. The SMILES string of the molecule is CC(C)(NC(=O)C1CCC(CNC(=O)OCC2c3ccccc3-c3ccccc32)O1)C(=O)O. The molecule has 0 radical (unpaired) electrons. The number of amides is 2. The van der Waals surface area contributed by atoms with Crippen LogP contribution in [0, 0.1) is 0 Å². The maximum Gasteiger partial charge on any atom is 0.407 e. The van der Waals surface area contributed by atoms with Crippen molar-refractivity contribution >= 4 is 18.0 Å². The van der Waals surface area contributed by atoms with Crippen molar-refractivity contribution in [3.05, 3.63) is 59.7 Å². The van der Waals surface area contributed by atoms with Gasteiger partial charge in [-0.25, -0.2) is 9.59 Å². The number of carbonyl (C=O) groups is 3. The molecule has 2 aromatic carbocycles. The molecule has 4 rings (SSSR count). The summed E-state index contributed by atoms with van der Waals surface area (Å²) in [4.78, 5) is 35.8. The second kappa shape index (κ2) is 9.23. The topological polar surface area (TPSA) is 114 Å². The molecule has 1 fully saturated rings. The Labute approximate surface area is 192 Å². The third-order valence-corrected chi connectivity index (χ3v) is 6.19. The molecule has 174 valence electrons. The third-order valence-electron chi connectivity index (χ3n) is 6.19. The van der Waals surface area contributed by atoms with Crippen LogP contribution in [0.3, 0.4) is 0 Å². The highest BCUT2D eigenvalue weighted by Crippen LogP contribution is 2.44. The Morgan fingerprint density at radius 3 is 2.24 bits per heavy atom. The highest BCUT2D eigenvalue weighted by atomic mass is 16.5. The zero-order valence-corrected chi connectivity index (χ0v) is 18.7. The molecule has 8 nitrogen and oxygen atoms in total. The normalized spacial score (nSPS) is 19.5. The first kappa shape index (κ1) is 22.8. The van der Waals surface area contributed by atoms with Crippen LogP contribution in [0.25, 0.3) is 11.1 Å². The fraction of sp³-hybridized carbons (Fsp3) is 0.400. The number of carboxylic acid groups (broad SMARTS) is 1. The van der Waals surface area contributed by atoms with Gasteiger partial charge in [-0.2, -0.15) is 0 Å². The summed E-state index contributed by atoms with van der Waals surface area (Å²) in [6.07, 6.45) is -0.583. The number of rotatable bonds is 7. The number of alkyl carbamates (subject to hydrolysis) is 1. The van der Waals surface area contributed by atoms with Gasteiger partial charge in [0.15, 0.2) is 0 Å². The zero-order chi connectivity index (χ0) is 23.6. The van der Waals surface area contributed by atoms with Crippen molar-refractivity contribution in [3.8, 4) is 11.1 Å². The minimum absolute atomic E-state index is 0.0171. The molecule has 33 heavy (non-hydrogen) atoms. The summed E-state index contributed by atoms with van der Waals surface area (Å²) in [7, 11) is 0. The van der Waals surface area contributed by atoms with Crippen molar-refractivity contribution in [3.63, 3.8) is 0 Å². The molecule has 2 amide bonds. The zero-order valence-electron chi connectivity index (χ0n) is 18.7. The van der Waals surface area contributed by atoms with Crippen molar-refractivity contribution in [1.82, 2.24) is 10.6 Å². The van der Waals surface area contributed by atoms with Crippen LogP contribution >= 0.6 is 0 Å². The van der Waals surface area contributed by atoms with Crippen LogP contribution in [0.2, 0.25) is 0 Å². The number of ether oxygens (including phenoxy) is 2. The highest BCUT2D eigenvalue weighted by Gasteiger charge is 2.36.